The molecule has 0 spiro atoms. The maximum absolute atomic E-state index is 5.39. The van der Waals surface area contributed by atoms with Gasteiger partial charge in [-0.25, -0.2) is 9.97 Å². The Morgan fingerprint density at radius 2 is 2.05 bits per heavy atom. The summed E-state index contributed by atoms with van der Waals surface area (Å²) in [6, 6.07) is 8.02. The van der Waals surface area contributed by atoms with Crippen LogP contribution in [-0.4, -0.2) is 23.6 Å². The number of hydrogen-bond donors (Lipinski definition) is 1. The minimum Gasteiger partial charge on any atom is -0.496 e. The highest BCUT2D eigenvalue weighted by Gasteiger charge is 2.08. The number of aromatic nitrogens is 2. The van der Waals surface area contributed by atoms with E-state index in [4.69, 9.17) is 4.74 Å². The predicted molar refractivity (Wildman–Crippen MR) is 77.5 cm³/mol. The van der Waals surface area contributed by atoms with Gasteiger partial charge in [0.1, 0.15) is 17.9 Å². The third kappa shape index (κ3) is 3.22. The second kappa shape index (κ2) is 6.18. The Labute approximate surface area is 113 Å². The quantitative estimate of drug-likeness (QED) is 0.893. The van der Waals surface area contributed by atoms with Crippen molar-refractivity contribution < 1.29 is 4.74 Å². The van der Waals surface area contributed by atoms with Crippen LogP contribution in [0.5, 0.6) is 5.75 Å². The molecule has 0 bridgehead atoms. The molecule has 0 amide bonds. The molecule has 0 aliphatic heterocycles. The number of anilines is 1. The summed E-state index contributed by atoms with van der Waals surface area (Å²) in [5, 5.41) is 3.26. The first-order valence-electron chi connectivity index (χ1n) is 6.45. The van der Waals surface area contributed by atoms with E-state index in [-0.39, 0.29) is 0 Å². The second-order valence-corrected chi connectivity index (χ2v) is 4.42. The molecule has 4 nitrogen and oxygen atoms in total. The Kier molecular flexibility index (Phi) is 4.34. The van der Waals surface area contributed by atoms with Crippen molar-refractivity contribution >= 4 is 5.82 Å². The molecule has 1 N–H and O–H groups in total. The molecule has 0 unspecified atom stereocenters. The summed E-state index contributed by atoms with van der Waals surface area (Å²) in [7, 11) is 1.67. The molecule has 100 valence electrons. The fraction of sp³-hybridized carbons (Fsp3) is 0.333. The number of aryl methyl sites for hydroxylation is 1. The van der Waals surface area contributed by atoms with E-state index < -0.39 is 0 Å². The number of rotatable bonds is 5. The van der Waals surface area contributed by atoms with Gasteiger partial charge in [0.25, 0.3) is 0 Å². The van der Waals surface area contributed by atoms with Crippen molar-refractivity contribution in [1.29, 1.82) is 0 Å². The van der Waals surface area contributed by atoms with E-state index in [0.29, 0.717) is 0 Å². The Morgan fingerprint density at radius 1 is 1.21 bits per heavy atom. The summed E-state index contributed by atoms with van der Waals surface area (Å²) in [5.74, 6) is 1.67. The molecular formula is C15H19N3O. The number of nitrogens with zero attached hydrogens (tertiary/aromatic N) is 2. The average molecular weight is 257 g/mol. The molecule has 0 saturated carbocycles. The van der Waals surface area contributed by atoms with Crippen molar-refractivity contribution in [2.45, 2.75) is 20.3 Å². The molecule has 1 heterocycles. The molecule has 0 radical (unpaired) electrons. The van der Waals surface area contributed by atoms with Crippen LogP contribution in [0.2, 0.25) is 0 Å². The number of methoxy groups -OCH3 is 1. The lowest BCUT2D eigenvalue weighted by Crippen LogP contribution is -2.02. The van der Waals surface area contributed by atoms with Crippen molar-refractivity contribution in [3.63, 3.8) is 0 Å². The first kappa shape index (κ1) is 13.3. The molecule has 2 rings (SSSR count). The van der Waals surface area contributed by atoms with Gasteiger partial charge in [0.15, 0.2) is 0 Å². The monoisotopic (exact) mass is 257 g/mol. The van der Waals surface area contributed by atoms with Crippen molar-refractivity contribution in [3.8, 4) is 17.0 Å². The molecular weight excluding hydrogens is 238 g/mol. The molecule has 0 fully saturated rings. The predicted octanol–water partition coefficient (Wildman–Crippen LogP) is 3.28. The van der Waals surface area contributed by atoms with E-state index in [2.05, 4.69) is 35.2 Å². The lowest BCUT2D eigenvalue weighted by molar-refractivity contribution is 0.416. The zero-order valence-electron chi connectivity index (χ0n) is 11.6. The first-order valence-corrected chi connectivity index (χ1v) is 6.45. The van der Waals surface area contributed by atoms with Crippen LogP contribution in [0, 0.1) is 6.92 Å². The highest BCUT2D eigenvalue weighted by molar-refractivity contribution is 5.69. The first-order chi connectivity index (χ1) is 9.24. The van der Waals surface area contributed by atoms with Gasteiger partial charge in [0.2, 0.25) is 0 Å². The normalized spacial score (nSPS) is 10.3. The van der Waals surface area contributed by atoms with Crippen molar-refractivity contribution in [3.05, 3.63) is 36.2 Å². The Hall–Kier alpha value is -2.10. The van der Waals surface area contributed by atoms with Gasteiger partial charge in [0, 0.05) is 18.2 Å². The maximum Gasteiger partial charge on any atom is 0.129 e. The van der Waals surface area contributed by atoms with E-state index in [1.807, 2.05) is 18.2 Å². The van der Waals surface area contributed by atoms with Gasteiger partial charge in [-0.2, -0.15) is 0 Å². The third-order valence-electron chi connectivity index (χ3n) is 2.85. The van der Waals surface area contributed by atoms with Crippen LogP contribution >= 0.6 is 0 Å². The summed E-state index contributed by atoms with van der Waals surface area (Å²) >= 11 is 0. The molecule has 0 aliphatic carbocycles. The van der Waals surface area contributed by atoms with Gasteiger partial charge < -0.3 is 10.1 Å². The number of benzene rings is 1. The summed E-state index contributed by atoms with van der Waals surface area (Å²) in [6.07, 6.45) is 2.64. The highest BCUT2D eigenvalue weighted by Crippen LogP contribution is 2.30. The van der Waals surface area contributed by atoms with Gasteiger partial charge in [-0.1, -0.05) is 18.6 Å². The fourth-order valence-corrected chi connectivity index (χ4v) is 1.88. The van der Waals surface area contributed by atoms with Crippen molar-refractivity contribution in [2.24, 2.45) is 0 Å². The number of nitrogens with one attached hydrogen (secondary N) is 1. The standard InChI is InChI=1S/C15H19N3O/c1-4-7-16-15-9-13(17-10-18-15)12-8-11(2)5-6-14(12)19-3/h5-6,8-10H,4,7H2,1-3H3,(H,16,17,18). The van der Waals surface area contributed by atoms with Gasteiger partial charge in [0.05, 0.1) is 12.8 Å². The average Bonchev–Trinajstić information content (AvgIpc) is 2.45. The van der Waals surface area contributed by atoms with Crippen LogP contribution < -0.4 is 10.1 Å². The Balaban J connectivity index is 2.38. The fourth-order valence-electron chi connectivity index (χ4n) is 1.88. The van der Waals surface area contributed by atoms with Gasteiger partial charge in [-0.05, 0) is 25.5 Å². The van der Waals surface area contributed by atoms with E-state index in [1.54, 1.807) is 13.4 Å². The smallest absolute Gasteiger partial charge is 0.129 e. The molecule has 4 heteroatoms. The summed E-state index contributed by atoms with van der Waals surface area (Å²) in [5.41, 5.74) is 3.04. The van der Waals surface area contributed by atoms with E-state index in [9.17, 15) is 0 Å². The Morgan fingerprint density at radius 3 is 2.79 bits per heavy atom. The molecule has 0 aliphatic rings. The molecule has 1 aromatic carbocycles. The van der Waals surface area contributed by atoms with Gasteiger partial charge in [-0.3, -0.25) is 0 Å². The van der Waals surface area contributed by atoms with E-state index in [0.717, 1.165) is 35.8 Å². The lowest BCUT2D eigenvalue weighted by Gasteiger charge is -2.10. The zero-order chi connectivity index (χ0) is 13.7. The Bertz CT molecular complexity index is 555. The zero-order valence-corrected chi connectivity index (χ0v) is 11.6. The molecule has 2 aromatic rings. The number of hydrogen-bond acceptors (Lipinski definition) is 4. The largest absolute Gasteiger partial charge is 0.496 e. The van der Waals surface area contributed by atoms with Crippen LogP contribution in [0.25, 0.3) is 11.3 Å². The second-order valence-electron chi connectivity index (χ2n) is 4.42. The minimum absolute atomic E-state index is 0.825. The van der Waals surface area contributed by atoms with Crippen molar-refractivity contribution in [1.82, 2.24) is 9.97 Å². The molecule has 19 heavy (non-hydrogen) atoms. The van der Waals surface area contributed by atoms with E-state index in [1.165, 1.54) is 5.56 Å². The molecule has 0 saturated heterocycles. The summed E-state index contributed by atoms with van der Waals surface area (Å²) in [6.45, 7) is 5.08. The summed E-state index contributed by atoms with van der Waals surface area (Å²) < 4.78 is 5.39. The topological polar surface area (TPSA) is 47.0 Å². The minimum atomic E-state index is 0.825. The third-order valence-corrected chi connectivity index (χ3v) is 2.85. The van der Waals surface area contributed by atoms with Crippen LogP contribution in [0.4, 0.5) is 5.82 Å². The van der Waals surface area contributed by atoms with Crippen LogP contribution in [0.15, 0.2) is 30.6 Å². The molecule has 0 atom stereocenters. The molecule has 1 aromatic heterocycles. The lowest BCUT2D eigenvalue weighted by atomic mass is 10.1. The summed E-state index contributed by atoms with van der Waals surface area (Å²) in [4.78, 5) is 8.55. The highest BCUT2D eigenvalue weighted by atomic mass is 16.5. The van der Waals surface area contributed by atoms with Gasteiger partial charge in [-0.15, -0.1) is 0 Å². The maximum atomic E-state index is 5.39. The van der Waals surface area contributed by atoms with E-state index >= 15 is 0 Å². The van der Waals surface area contributed by atoms with Crippen LogP contribution in [0.3, 0.4) is 0 Å². The van der Waals surface area contributed by atoms with Crippen molar-refractivity contribution in [2.75, 3.05) is 19.0 Å². The van der Waals surface area contributed by atoms with Crippen LogP contribution in [-0.2, 0) is 0 Å². The van der Waals surface area contributed by atoms with Gasteiger partial charge >= 0.3 is 0 Å². The SMILES string of the molecule is CCCNc1cc(-c2cc(C)ccc2OC)ncn1. The number of ether oxygens (including phenoxy) is 1. The van der Waals surface area contributed by atoms with Crippen LogP contribution in [0.1, 0.15) is 18.9 Å².